The van der Waals surface area contributed by atoms with E-state index in [-0.39, 0.29) is 0 Å². The van der Waals surface area contributed by atoms with Crippen LogP contribution in [-0.4, -0.2) is 4.57 Å². The van der Waals surface area contributed by atoms with Gasteiger partial charge in [-0.15, -0.1) is 0 Å². The third-order valence-electron chi connectivity index (χ3n) is 7.67. The first-order valence-corrected chi connectivity index (χ1v) is 13.3. The molecule has 0 fully saturated rings. The lowest BCUT2D eigenvalue weighted by molar-refractivity contribution is 1.15. The summed E-state index contributed by atoms with van der Waals surface area (Å²) in [5.41, 5.74) is 10.3. The molecule has 184 valence electrons. The topological polar surface area (TPSA) is 11.4 Å². The Bertz CT molecular complexity index is 1970. The van der Waals surface area contributed by atoms with Gasteiger partial charge in [0.25, 0.3) is 0 Å². The average Bonchev–Trinajstić information content (AvgIpc) is 3.36. The largest absolute Gasteiger partial charge is 0.306 e. The molecule has 3 heteroatoms. The van der Waals surface area contributed by atoms with E-state index in [1.807, 2.05) is 0 Å². The minimum absolute atomic E-state index is 1.11. The van der Waals surface area contributed by atoms with Gasteiger partial charge in [-0.2, -0.15) is 0 Å². The molecule has 7 aromatic rings. The van der Waals surface area contributed by atoms with E-state index in [1.54, 1.807) is 0 Å². The number of anilines is 6. The Balaban J connectivity index is 1.62. The summed E-state index contributed by atoms with van der Waals surface area (Å²) in [6.07, 6.45) is 0. The number of nitrogens with zero attached hydrogens (tertiary/aromatic N) is 3. The van der Waals surface area contributed by atoms with E-state index in [2.05, 4.69) is 166 Å². The lowest BCUT2D eigenvalue weighted by Gasteiger charge is -2.32. The fraction of sp³-hybridized carbons (Fsp3) is 0. The normalized spacial score (nSPS) is 12.5. The van der Waals surface area contributed by atoms with Crippen LogP contribution in [0.15, 0.2) is 152 Å². The summed E-state index contributed by atoms with van der Waals surface area (Å²) in [5.74, 6) is 0. The summed E-state index contributed by atoms with van der Waals surface area (Å²) in [7, 11) is 0. The number of rotatable bonds is 2. The van der Waals surface area contributed by atoms with Gasteiger partial charge in [-0.25, -0.2) is 0 Å². The van der Waals surface area contributed by atoms with Gasteiger partial charge in [-0.05, 0) is 60.7 Å². The van der Waals surface area contributed by atoms with Crippen LogP contribution in [0.3, 0.4) is 0 Å². The highest BCUT2D eigenvalue weighted by Crippen LogP contribution is 2.51. The van der Waals surface area contributed by atoms with Gasteiger partial charge in [0.05, 0.1) is 39.5 Å². The fourth-order valence-electron chi connectivity index (χ4n) is 6.09. The van der Waals surface area contributed by atoms with Crippen LogP contribution >= 0.6 is 0 Å². The molecule has 0 aliphatic carbocycles. The molecule has 0 amide bonds. The van der Waals surface area contributed by atoms with Gasteiger partial charge in [0.15, 0.2) is 0 Å². The lowest BCUT2D eigenvalue weighted by Crippen LogP contribution is -2.16. The van der Waals surface area contributed by atoms with Crippen molar-refractivity contribution in [3.05, 3.63) is 152 Å². The molecule has 1 aliphatic heterocycles. The summed E-state index contributed by atoms with van der Waals surface area (Å²) in [6.45, 7) is 0. The van der Waals surface area contributed by atoms with Gasteiger partial charge in [0, 0.05) is 22.1 Å². The van der Waals surface area contributed by atoms with Crippen LogP contribution < -0.4 is 9.80 Å². The third kappa shape index (κ3) is 3.23. The highest BCUT2D eigenvalue weighted by Gasteiger charge is 2.29. The molecule has 0 saturated heterocycles. The number of hydrogen-bond donors (Lipinski definition) is 0. The Labute approximate surface area is 227 Å². The van der Waals surface area contributed by atoms with Crippen molar-refractivity contribution in [3.63, 3.8) is 0 Å². The monoisotopic (exact) mass is 499 g/mol. The SMILES string of the molecule is c1ccc(N2c3ccccc3N(c3ccccc3)c3cccc4c5ccccc5n(c34)-c3ccccc32)cc1. The van der Waals surface area contributed by atoms with Crippen molar-refractivity contribution in [1.29, 1.82) is 0 Å². The molecule has 3 nitrogen and oxygen atoms in total. The zero-order valence-electron chi connectivity index (χ0n) is 21.3. The van der Waals surface area contributed by atoms with Gasteiger partial charge < -0.3 is 14.4 Å². The van der Waals surface area contributed by atoms with E-state index in [0.717, 1.165) is 39.8 Å². The van der Waals surface area contributed by atoms with E-state index in [0.29, 0.717) is 0 Å². The second-order valence-electron chi connectivity index (χ2n) is 9.85. The number of para-hydroxylation sites is 8. The van der Waals surface area contributed by atoms with E-state index in [1.165, 1.54) is 21.8 Å². The fourth-order valence-corrected chi connectivity index (χ4v) is 6.09. The molecule has 1 aliphatic rings. The molecule has 0 atom stereocenters. The number of aromatic nitrogens is 1. The molecule has 0 radical (unpaired) electrons. The molecule has 39 heavy (non-hydrogen) atoms. The Hall–Kier alpha value is -5.28. The van der Waals surface area contributed by atoms with Crippen LogP contribution in [0.25, 0.3) is 27.5 Å². The highest BCUT2D eigenvalue weighted by molar-refractivity contribution is 6.15. The van der Waals surface area contributed by atoms with Crippen LogP contribution in [-0.2, 0) is 0 Å². The van der Waals surface area contributed by atoms with Crippen LogP contribution in [0.1, 0.15) is 0 Å². The highest BCUT2D eigenvalue weighted by atomic mass is 15.2. The molecule has 8 rings (SSSR count). The molecule has 2 heterocycles. The van der Waals surface area contributed by atoms with Crippen LogP contribution in [0.4, 0.5) is 34.1 Å². The summed E-state index contributed by atoms with van der Waals surface area (Å²) >= 11 is 0. The van der Waals surface area contributed by atoms with Gasteiger partial charge in [-0.3, -0.25) is 0 Å². The van der Waals surface area contributed by atoms with Crippen LogP contribution in [0.2, 0.25) is 0 Å². The van der Waals surface area contributed by atoms with Gasteiger partial charge in [-0.1, -0.05) is 91.0 Å². The van der Waals surface area contributed by atoms with Gasteiger partial charge >= 0.3 is 0 Å². The third-order valence-corrected chi connectivity index (χ3v) is 7.67. The minimum Gasteiger partial charge on any atom is -0.306 e. The quantitative estimate of drug-likeness (QED) is 0.234. The number of fused-ring (bicyclic) bond motifs is 6. The number of hydrogen-bond acceptors (Lipinski definition) is 2. The van der Waals surface area contributed by atoms with Crippen LogP contribution in [0, 0.1) is 0 Å². The zero-order valence-corrected chi connectivity index (χ0v) is 21.3. The predicted molar refractivity (Wildman–Crippen MR) is 164 cm³/mol. The van der Waals surface area contributed by atoms with E-state index in [4.69, 9.17) is 0 Å². The maximum atomic E-state index is 2.45. The van der Waals surface area contributed by atoms with Crippen LogP contribution in [0.5, 0.6) is 0 Å². The first kappa shape index (κ1) is 21.8. The first-order chi connectivity index (χ1) is 19.4. The van der Waals surface area contributed by atoms with E-state index < -0.39 is 0 Å². The number of benzene rings is 6. The van der Waals surface area contributed by atoms with Crippen molar-refractivity contribution in [3.8, 4) is 5.69 Å². The van der Waals surface area contributed by atoms with Crippen molar-refractivity contribution in [1.82, 2.24) is 4.57 Å². The minimum atomic E-state index is 1.11. The molecule has 0 saturated carbocycles. The lowest BCUT2D eigenvalue weighted by atomic mass is 10.1. The van der Waals surface area contributed by atoms with Crippen molar-refractivity contribution in [2.24, 2.45) is 0 Å². The summed E-state index contributed by atoms with van der Waals surface area (Å²) in [5, 5.41) is 2.49. The molecule has 0 spiro atoms. The summed E-state index contributed by atoms with van der Waals surface area (Å²) in [6, 6.07) is 54.3. The maximum Gasteiger partial charge on any atom is 0.0783 e. The smallest absolute Gasteiger partial charge is 0.0783 e. The molecular weight excluding hydrogens is 474 g/mol. The second kappa shape index (κ2) is 8.64. The Kier molecular flexibility index (Phi) is 4.82. The molecule has 0 N–H and O–H groups in total. The van der Waals surface area contributed by atoms with Crippen molar-refractivity contribution >= 4 is 55.9 Å². The Morgan fingerprint density at radius 1 is 0.308 bits per heavy atom. The predicted octanol–water partition coefficient (Wildman–Crippen LogP) is 10.0. The van der Waals surface area contributed by atoms with E-state index in [9.17, 15) is 0 Å². The second-order valence-corrected chi connectivity index (χ2v) is 9.85. The molecular formula is C36H25N3. The maximum absolute atomic E-state index is 2.45. The summed E-state index contributed by atoms with van der Waals surface area (Å²) < 4.78 is 2.45. The standard InChI is InChI=1S/C36H25N3/c1-3-14-26(15-4-1)37-31-21-9-10-22-32(31)38(27-16-5-2-6-17-27)35-25-13-19-29-28-18-7-8-20-30(28)39(36(29)35)34-24-12-11-23-33(34)37/h1-25H. The Morgan fingerprint density at radius 2 is 0.744 bits per heavy atom. The van der Waals surface area contributed by atoms with Crippen molar-refractivity contribution in [2.75, 3.05) is 9.80 Å². The molecule has 0 bridgehead atoms. The first-order valence-electron chi connectivity index (χ1n) is 13.3. The van der Waals surface area contributed by atoms with Crippen molar-refractivity contribution < 1.29 is 0 Å². The molecule has 0 unspecified atom stereocenters. The Morgan fingerprint density at radius 3 is 1.38 bits per heavy atom. The molecule has 6 aromatic carbocycles. The average molecular weight is 500 g/mol. The summed E-state index contributed by atoms with van der Waals surface area (Å²) in [4.78, 5) is 4.81. The van der Waals surface area contributed by atoms with E-state index >= 15 is 0 Å². The molecule has 1 aromatic heterocycles. The van der Waals surface area contributed by atoms with Gasteiger partial charge in [0.1, 0.15) is 0 Å². The zero-order chi connectivity index (χ0) is 25.8. The van der Waals surface area contributed by atoms with Gasteiger partial charge in [0.2, 0.25) is 0 Å². The van der Waals surface area contributed by atoms with Crippen molar-refractivity contribution in [2.45, 2.75) is 0 Å².